The monoisotopic (exact) mass is 235 g/mol. The zero-order chi connectivity index (χ0) is 13.0. The quantitative estimate of drug-likeness (QED) is 0.612. The van der Waals surface area contributed by atoms with Gasteiger partial charge in [0.25, 0.3) is 0 Å². The first-order valence-corrected chi connectivity index (χ1v) is 5.06. The van der Waals surface area contributed by atoms with E-state index in [1.54, 1.807) is 12.1 Å². The average molecular weight is 235 g/mol. The number of carboxylic acids is 1. The molecule has 1 atom stereocenters. The molecule has 0 aliphatic carbocycles. The summed E-state index contributed by atoms with van der Waals surface area (Å²) in [6.07, 6.45) is 0. The third kappa shape index (κ3) is 3.41. The summed E-state index contributed by atoms with van der Waals surface area (Å²) in [7, 11) is 0. The number of nitrogens with one attached hydrogen (secondary N) is 1. The van der Waals surface area contributed by atoms with Crippen molar-refractivity contribution in [3.63, 3.8) is 0 Å². The molecule has 0 saturated carbocycles. The van der Waals surface area contributed by atoms with E-state index < -0.39 is 17.7 Å². The number of Topliss-reactive ketones (excluding diaryl/α,β-unsaturated/α-hetero) is 1. The highest BCUT2D eigenvalue weighted by molar-refractivity contribution is 6.08. The molecule has 1 rings (SSSR count). The van der Waals surface area contributed by atoms with Crippen molar-refractivity contribution >= 4 is 23.3 Å². The zero-order valence-electron chi connectivity index (χ0n) is 9.56. The fraction of sp³-hybridized carbons (Fsp3) is 0.250. The van der Waals surface area contributed by atoms with Crippen molar-refractivity contribution < 1.29 is 19.5 Å². The van der Waals surface area contributed by atoms with Crippen LogP contribution in [0.15, 0.2) is 24.3 Å². The first kappa shape index (κ1) is 12.9. The van der Waals surface area contributed by atoms with Crippen LogP contribution in [-0.4, -0.2) is 22.8 Å². The van der Waals surface area contributed by atoms with E-state index in [4.69, 9.17) is 5.11 Å². The van der Waals surface area contributed by atoms with Crippen LogP contribution in [0.25, 0.3) is 0 Å². The van der Waals surface area contributed by atoms with Gasteiger partial charge in [-0.25, -0.2) is 0 Å². The Kier molecular flexibility index (Phi) is 3.98. The molecule has 90 valence electrons. The summed E-state index contributed by atoms with van der Waals surface area (Å²) in [5, 5.41) is 11.3. The Morgan fingerprint density at radius 2 is 1.71 bits per heavy atom. The van der Waals surface area contributed by atoms with Gasteiger partial charge in [-0.2, -0.15) is 0 Å². The molecule has 0 radical (unpaired) electrons. The van der Waals surface area contributed by atoms with Gasteiger partial charge in [0.15, 0.2) is 5.78 Å². The Bertz CT molecular complexity index is 450. The van der Waals surface area contributed by atoms with Crippen LogP contribution in [0.5, 0.6) is 0 Å². The lowest BCUT2D eigenvalue weighted by Gasteiger charge is -2.06. The molecule has 5 nitrogen and oxygen atoms in total. The van der Waals surface area contributed by atoms with Gasteiger partial charge in [0.05, 0.1) is 0 Å². The van der Waals surface area contributed by atoms with Gasteiger partial charge < -0.3 is 10.4 Å². The molecule has 0 bridgehead atoms. The Morgan fingerprint density at radius 3 is 2.12 bits per heavy atom. The maximum Gasteiger partial charge on any atom is 0.314 e. The molecule has 0 heterocycles. The molecule has 1 amide bonds. The van der Waals surface area contributed by atoms with Crippen molar-refractivity contribution in [2.45, 2.75) is 13.8 Å². The van der Waals surface area contributed by atoms with Gasteiger partial charge in [-0.15, -0.1) is 0 Å². The number of carbonyl (C=O) groups is 3. The molecule has 1 aromatic rings. The highest BCUT2D eigenvalue weighted by Crippen LogP contribution is 2.13. The molecule has 17 heavy (non-hydrogen) atoms. The van der Waals surface area contributed by atoms with Gasteiger partial charge in [-0.1, -0.05) is 0 Å². The fourth-order valence-corrected chi connectivity index (χ4v) is 1.28. The summed E-state index contributed by atoms with van der Waals surface area (Å²) in [6.45, 7) is 2.72. The van der Waals surface area contributed by atoms with Crippen LogP contribution >= 0.6 is 0 Å². The smallest absolute Gasteiger partial charge is 0.314 e. The number of rotatable bonds is 4. The molecule has 1 unspecified atom stereocenters. The summed E-state index contributed by atoms with van der Waals surface area (Å²) in [4.78, 5) is 33.1. The lowest BCUT2D eigenvalue weighted by atomic mass is 9.99. The van der Waals surface area contributed by atoms with Crippen LogP contribution in [0.1, 0.15) is 24.2 Å². The van der Waals surface area contributed by atoms with Crippen LogP contribution in [-0.2, 0) is 9.59 Å². The number of benzene rings is 1. The molecule has 5 heteroatoms. The van der Waals surface area contributed by atoms with Crippen LogP contribution in [0, 0.1) is 5.92 Å². The topological polar surface area (TPSA) is 83.5 Å². The van der Waals surface area contributed by atoms with E-state index in [0.717, 1.165) is 0 Å². The molecule has 2 N–H and O–H groups in total. The second kappa shape index (κ2) is 5.25. The van der Waals surface area contributed by atoms with Crippen LogP contribution in [0.2, 0.25) is 0 Å². The number of hydrogen-bond donors (Lipinski definition) is 2. The number of aliphatic carboxylic acids is 1. The number of ketones is 1. The molecule has 0 aromatic heterocycles. The Hall–Kier alpha value is -2.17. The molecule has 0 saturated heterocycles. The summed E-state index contributed by atoms with van der Waals surface area (Å²) < 4.78 is 0. The van der Waals surface area contributed by atoms with Crippen molar-refractivity contribution in [3.05, 3.63) is 29.8 Å². The minimum Gasteiger partial charge on any atom is -0.481 e. The van der Waals surface area contributed by atoms with Crippen LogP contribution in [0.3, 0.4) is 0 Å². The van der Waals surface area contributed by atoms with Gasteiger partial charge in [0.1, 0.15) is 5.92 Å². The minimum atomic E-state index is -1.15. The highest BCUT2D eigenvalue weighted by Gasteiger charge is 2.21. The summed E-state index contributed by atoms with van der Waals surface area (Å²) in [5.41, 5.74) is 0.881. The SMILES string of the molecule is CC(=O)Nc1ccc(C(=O)C(C)C(=O)O)cc1. The van der Waals surface area contributed by atoms with E-state index in [1.807, 2.05) is 0 Å². The Labute approximate surface area is 98.4 Å². The number of carboxylic acid groups (broad SMARTS) is 1. The maximum atomic E-state index is 11.7. The molecule has 0 aliphatic heterocycles. The van der Waals surface area contributed by atoms with E-state index >= 15 is 0 Å². The van der Waals surface area contributed by atoms with Crippen molar-refractivity contribution in [3.8, 4) is 0 Å². The number of carbonyl (C=O) groups excluding carboxylic acids is 2. The van der Waals surface area contributed by atoms with Crippen LogP contribution in [0.4, 0.5) is 5.69 Å². The molecule has 0 aliphatic rings. The molecular weight excluding hydrogens is 222 g/mol. The first-order chi connectivity index (χ1) is 7.91. The van der Waals surface area contributed by atoms with E-state index in [9.17, 15) is 14.4 Å². The Morgan fingerprint density at radius 1 is 1.18 bits per heavy atom. The van der Waals surface area contributed by atoms with Gasteiger partial charge in [-0.05, 0) is 31.2 Å². The Balaban J connectivity index is 2.84. The van der Waals surface area contributed by atoms with Crippen molar-refractivity contribution in [1.82, 2.24) is 0 Å². The highest BCUT2D eigenvalue weighted by atomic mass is 16.4. The van der Waals surface area contributed by atoms with Gasteiger partial charge in [-0.3, -0.25) is 14.4 Å². The third-order valence-electron chi connectivity index (χ3n) is 2.25. The van der Waals surface area contributed by atoms with Crippen molar-refractivity contribution in [2.75, 3.05) is 5.32 Å². The number of amides is 1. The van der Waals surface area contributed by atoms with E-state index in [0.29, 0.717) is 11.3 Å². The van der Waals surface area contributed by atoms with Crippen LogP contribution < -0.4 is 5.32 Å². The van der Waals surface area contributed by atoms with E-state index in [1.165, 1.54) is 26.0 Å². The van der Waals surface area contributed by atoms with Crippen molar-refractivity contribution in [1.29, 1.82) is 0 Å². The fourth-order valence-electron chi connectivity index (χ4n) is 1.28. The largest absolute Gasteiger partial charge is 0.481 e. The van der Waals surface area contributed by atoms with Gasteiger partial charge >= 0.3 is 5.97 Å². The molecular formula is C12H13NO4. The predicted octanol–water partition coefficient (Wildman–Crippen LogP) is 1.55. The predicted molar refractivity (Wildman–Crippen MR) is 61.9 cm³/mol. The third-order valence-corrected chi connectivity index (χ3v) is 2.25. The van der Waals surface area contributed by atoms with E-state index in [2.05, 4.69) is 5.32 Å². The summed E-state index contributed by atoms with van der Waals surface area (Å²) in [5.74, 6) is -2.88. The zero-order valence-corrected chi connectivity index (χ0v) is 9.56. The first-order valence-electron chi connectivity index (χ1n) is 5.06. The van der Waals surface area contributed by atoms with E-state index in [-0.39, 0.29) is 5.91 Å². The van der Waals surface area contributed by atoms with Crippen molar-refractivity contribution in [2.24, 2.45) is 5.92 Å². The molecule has 0 spiro atoms. The summed E-state index contributed by atoms with van der Waals surface area (Å²) in [6, 6.07) is 6.10. The van der Waals surface area contributed by atoms with Gasteiger partial charge in [0.2, 0.25) is 5.91 Å². The lowest BCUT2D eigenvalue weighted by molar-refractivity contribution is -0.139. The second-order valence-corrected chi connectivity index (χ2v) is 3.68. The second-order valence-electron chi connectivity index (χ2n) is 3.68. The number of anilines is 1. The summed E-state index contributed by atoms with van der Waals surface area (Å²) >= 11 is 0. The molecule has 0 fully saturated rings. The maximum absolute atomic E-state index is 11.7. The minimum absolute atomic E-state index is 0.206. The molecule has 1 aromatic carbocycles. The van der Waals surface area contributed by atoms with Gasteiger partial charge in [0, 0.05) is 18.2 Å². The average Bonchev–Trinajstić information content (AvgIpc) is 2.27. The normalized spacial score (nSPS) is 11.6. The number of hydrogen-bond acceptors (Lipinski definition) is 3. The lowest BCUT2D eigenvalue weighted by Crippen LogP contribution is -2.20. The standard InChI is InChI=1S/C12H13NO4/c1-7(12(16)17)11(15)9-3-5-10(6-4-9)13-8(2)14/h3-7H,1-2H3,(H,13,14)(H,16,17).